The first-order chi connectivity index (χ1) is 13.6. The Hall–Kier alpha value is -3.42. The van der Waals surface area contributed by atoms with Crippen LogP contribution in [0.5, 0.6) is 5.88 Å². The molecule has 0 bridgehead atoms. The van der Waals surface area contributed by atoms with Gasteiger partial charge in [0.15, 0.2) is 5.69 Å². The Labute approximate surface area is 162 Å². The third-order valence-electron chi connectivity index (χ3n) is 4.97. The Kier molecular flexibility index (Phi) is 4.68. The highest BCUT2D eigenvalue weighted by molar-refractivity contribution is 6.04. The maximum atomic E-state index is 13.1. The number of nitrogens with zero attached hydrogens (tertiary/aromatic N) is 5. The number of anilines is 1. The summed E-state index contributed by atoms with van der Waals surface area (Å²) in [6.07, 6.45) is 0. The Morgan fingerprint density at radius 2 is 1.71 bits per heavy atom. The highest BCUT2D eigenvalue weighted by Gasteiger charge is 2.26. The lowest BCUT2D eigenvalue weighted by Crippen LogP contribution is -2.49. The number of methoxy groups -OCH3 is 1. The molecule has 1 saturated heterocycles. The van der Waals surface area contributed by atoms with E-state index in [0.717, 1.165) is 5.82 Å². The molecule has 144 valence electrons. The summed E-state index contributed by atoms with van der Waals surface area (Å²) < 4.78 is 6.41. The van der Waals surface area contributed by atoms with Gasteiger partial charge in [-0.15, -0.1) is 0 Å². The topological polar surface area (TPSA) is 80.6 Å². The standard InChI is InChI=1S/C20H21N5O3/c1-23-19(26)15-7-4-3-6-14(15)18(22-23)20(27)25-12-10-24(11-13-25)16-8-5-9-17(21-16)28-2/h3-9H,10-13H2,1-2H3. The molecule has 28 heavy (non-hydrogen) atoms. The zero-order valence-electron chi connectivity index (χ0n) is 15.8. The van der Waals surface area contributed by atoms with E-state index in [9.17, 15) is 9.59 Å². The van der Waals surface area contributed by atoms with Crippen molar-refractivity contribution in [2.45, 2.75) is 0 Å². The Morgan fingerprint density at radius 1 is 1.00 bits per heavy atom. The second-order valence-corrected chi connectivity index (χ2v) is 6.64. The maximum absolute atomic E-state index is 13.1. The third-order valence-corrected chi connectivity index (χ3v) is 4.97. The van der Waals surface area contributed by atoms with Crippen LogP contribution in [0, 0.1) is 0 Å². The zero-order chi connectivity index (χ0) is 19.7. The van der Waals surface area contributed by atoms with Gasteiger partial charge in [0, 0.05) is 44.7 Å². The summed E-state index contributed by atoms with van der Waals surface area (Å²) in [5.41, 5.74) is 0.103. The first-order valence-electron chi connectivity index (χ1n) is 9.10. The van der Waals surface area contributed by atoms with Gasteiger partial charge in [-0.25, -0.2) is 4.68 Å². The molecule has 0 atom stereocenters. The van der Waals surface area contributed by atoms with Crippen molar-refractivity contribution in [3.8, 4) is 5.88 Å². The first kappa shape index (κ1) is 18.0. The smallest absolute Gasteiger partial charge is 0.275 e. The molecule has 0 saturated carbocycles. The van der Waals surface area contributed by atoms with Gasteiger partial charge < -0.3 is 14.5 Å². The molecular weight excluding hydrogens is 358 g/mol. The van der Waals surface area contributed by atoms with Crippen molar-refractivity contribution in [1.29, 1.82) is 0 Å². The number of carbonyl (C=O) groups is 1. The van der Waals surface area contributed by atoms with Crippen LogP contribution in [0.4, 0.5) is 5.82 Å². The number of ether oxygens (including phenoxy) is 1. The van der Waals surface area contributed by atoms with Crippen LogP contribution >= 0.6 is 0 Å². The van der Waals surface area contributed by atoms with Crippen LogP contribution < -0.4 is 15.2 Å². The van der Waals surface area contributed by atoms with Gasteiger partial charge in [0.2, 0.25) is 5.88 Å². The predicted molar refractivity (Wildman–Crippen MR) is 106 cm³/mol. The van der Waals surface area contributed by atoms with Crippen molar-refractivity contribution in [3.05, 3.63) is 58.5 Å². The summed E-state index contributed by atoms with van der Waals surface area (Å²) in [6.45, 7) is 2.43. The second kappa shape index (κ2) is 7.30. The van der Waals surface area contributed by atoms with Crippen LogP contribution in [0.3, 0.4) is 0 Å². The van der Waals surface area contributed by atoms with E-state index in [1.807, 2.05) is 18.2 Å². The van der Waals surface area contributed by atoms with E-state index in [0.29, 0.717) is 48.5 Å². The van der Waals surface area contributed by atoms with Gasteiger partial charge in [0.25, 0.3) is 11.5 Å². The fourth-order valence-electron chi connectivity index (χ4n) is 3.44. The molecule has 1 amide bonds. The van der Waals surface area contributed by atoms with Gasteiger partial charge in [-0.05, 0) is 12.1 Å². The van der Waals surface area contributed by atoms with Crippen LogP contribution in [0.1, 0.15) is 10.5 Å². The fourth-order valence-corrected chi connectivity index (χ4v) is 3.44. The SMILES string of the molecule is COc1cccc(N2CCN(C(=O)c3nn(C)c(=O)c4ccccc34)CC2)n1. The number of rotatable bonds is 3. The Morgan fingerprint density at radius 3 is 2.43 bits per heavy atom. The number of benzene rings is 1. The Bertz CT molecular complexity index is 1090. The van der Waals surface area contributed by atoms with E-state index in [2.05, 4.69) is 15.0 Å². The molecule has 0 unspecified atom stereocenters. The molecule has 2 aromatic heterocycles. The number of hydrogen-bond donors (Lipinski definition) is 0. The second-order valence-electron chi connectivity index (χ2n) is 6.64. The summed E-state index contributed by atoms with van der Waals surface area (Å²) >= 11 is 0. The number of carbonyl (C=O) groups excluding carboxylic acids is 1. The van der Waals surface area contributed by atoms with E-state index in [1.54, 1.807) is 43.3 Å². The van der Waals surface area contributed by atoms with Gasteiger partial charge in [-0.3, -0.25) is 9.59 Å². The molecule has 4 rings (SSSR count). The minimum atomic E-state index is -0.207. The average molecular weight is 379 g/mol. The van der Waals surface area contributed by atoms with Crippen LogP contribution in [0.2, 0.25) is 0 Å². The fraction of sp³-hybridized carbons (Fsp3) is 0.300. The molecule has 0 spiro atoms. The summed E-state index contributed by atoms with van der Waals surface area (Å²) in [7, 11) is 3.16. The van der Waals surface area contributed by atoms with Gasteiger partial charge in [-0.1, -0.05) is 24.3 Å². The van der Waals surface area contributed by atoms with Crippen molar-refractivity contribution in [2.24, 2.45) is 7.05 Å². The Balaban J connectivity index is 1.56. The maximum Gasteiger partial charge on any atom is 0.275 e. The number of aromatic nitrogens is 3. The molecule has 0 radical (unpaired) electrons. The van der Waals surface area contributed by atoms with E-state index >= 15 is 0 Å². The number of hydrogen-bond acceptors (Lipinski definition) is 6. The normalized spacial score (nSPS) is 14.4. The highest BCUT2D eigenvalue weighted by Crippen LogP contribution is 2.19. The summed E-state index contributed by atoms with van der Waals surface area (Å²) in [6, 6.07) is 12.7. The zero-order valence-corrected chi connectivity index (χ0v) is 15.8. The van der Waals surface area contributed by atoms with Crippen LogP contribution in [-0.4, -0.2) is 58.9 Å². The van der Waals surface area contributed by atoms with E-state index in [4.69, 9.17) is 4.74 Å². The first-order valence-corrected chi connectivity index (χ1v) is 9.10. The quantitative estimate of drug-likeness (QED) is 0.682. The van der Waals surface area contributed by atoms with E-state index < -0.39 is 0 Å². The number of amides is 1. The summed E-state index contributed by atoms with van der Waals surface area (Å²) in [4.78, 5) is 33.8. The molecule has 3 aromatic rings. The molecule has 1 aliphatic rings. The van der Waals surface area contributed by atoms with Crippen molar-refractivity contribution >= 4 is 22.5 Å². The van der Waals surface area contributed by atoms with E-state index in [1.165, 1.54) is 4.68 Å². The number of aryl methyl sites for hydroxylation is 1. The molecule has 1 aliphatic heterocycles. The van der Waals surface area contributed by atoms with Crippen molar-refractivity contribution < 1.29 is 9.53 Å². The minimum absolute atomic E-state index is 0.162. The molecule has 8 nitrogen and oxygen atoms in total. The molecule has 1 aromatic carbocycles. The summed E-state index contributed by atoms with van der Waals surface area (Å²) in [5, 5.41) is 5.34. The van der Waals surface area contributed by atoms with Gasteiger partial charge >= 0.3 is 0 Å². The minimum Gasteiger partial charge on any atom is -0.481 e. The number of pyridine rings is 1. The van der Waals surface area contributed by atoms with Crippen LogP contribution in [-0.2, 0) is 7.05 Å². The molecule has 1 fully saturated rings. The van der Waals surface area contributed by atoms with E-state index in [-0.39, 0.29) is 11.5 Å². The van der Waals surface area contributed by atoms with Gasteiger partial charge in [0.05, 0.1) is 12.5 Å². The average Bonchev–Trinajstić information content (AvgIpc) is 2.76. The highest BCUT2D eigenvalue weighted by atomic mass is 16.5. The monoisotopic (exact) mass is 379 g/mol. The molecule has 0 N–H and O–H groups in total. The molecule has 3 heterocycles. The lowest BCUT2D eigenvalue weighted by Gasteiger charge is -2.35. The number of piperazine rings is 1. The van der Waals surface area contributed by atoms with Crippen molar-refractivity contribution in [1.82, 2.24) is 19.7 Å². The largest absolute Gasteiger partial charge is 0.481 e. The van der Waals surface area contributed by atoms with Crippen LogP contribution in [0.25, 0.3) is 10.8 Å². The van der Waals surface area contributed by atoms with Crippen molar-refractivity contribution in [2.75, 3.05) is 38.2 Å². The van der Waals surface area contributed by atoms with Crippen LogP contribution in [0.15, 0.2) is 47.3 Å². The van der Waals surface area contributed by atoms with Gasteiger partial charge in [0.1, 0.15) is 5.82 Å². The lowest BCUT2D eigenvalue weighted by atomic mass is 10.1. The summed E-state index contributed by atoms with van der Waals surface area (Å²) in [5.74, 6) is 1.24. The molecule has 0 aliphatic carbocycles. The number of fused-ring (bicyclic) bond motifs is 1. The predicted octanol–water partition coefficient (Wildman–Crippen LogP) is 1.30. The lowest BCUT2D eigenvalue weighted by molar-refractivity contribution is 0.0740. The molecule has 8 heteroatoms. The molecular formula is C20H21N5O3. The van der Waals surface area contributed by atoms with Crippen molar-refractivity contribution in [3.63, 3.8) is 0 Å². The van der Waals surface area contributed by atoms with Gasteiger partial charge in [-0.2, -0.15) is 10.1 Å². The third kappa shape index (κ3) is 3.17.